The summed E-state index contributed by atoms with van der Waals surface area (Å²) in [5.41, 5.74) is 3.03. The van der Waals surface area contributed by atoms with Crippen LogP contribution < -0.4 is 0 Å². The molecule has 0 fully saturated rings. The Morgan fingerprint density at radius 3 is 1.61 bits per heavy atom. The van der Waals surface area contributed by atoms with Gasteiger partial charge in [0.2, 0.25) is 0 Å². The van der Waals surface area contributed by atoms with Crippen LogP contribution in [0.15, 0.2) is 96.2 Å². The van der Waals surface area contributed by atoms with E-state index in [2.05, 4.69) is 5.16 Å². The van der Waals surface area contributed by atoms with Gasteiger partial charge in [0.25, 0.3) is 0 Å². The summed E-state index contributed by atoms with van der Waals surface area (Å²) in [6, 6.07) is 29.5. The van der Waals surface area contributed by atoms with Crippen LogP contribution in [-0.4, -0.2) is 43.3 Å². The van der Waals surface area contributed by atoms with Gasteiger partial charge >= 0.3 is 0 Å². The van der Waals surface area contributed by atoms with Crippen LogP contribution in [0.3, 0.4) is 0 Å². The van der Waals surface area contributed by atoms with E-state index in [4.69, 9.17) is 19.0 Å². The molecule has 33 heavy (non-hydrogen) atoms. The van der Waals surface area contributed by atoms with Crippen LogP contribution in [0, 0.1) is 0 Å². The van der Waals surface area contributed by atoms with Crippen molar-refractivity contribution in [2.24, 2.45) is 5.16 Å². The first kappa shape index (κ1) is 24.6. The Bertz CT molecular complexity index is 921. The highest BCUT2D eigenvalue weighted by Gasteiger charge is 2.31. The van der Waals surface area contributed by atoms with Crippen LogP contribution >= 0.6 is 0 Å². The Morgan fingerprint density at radius 2 is 1.15 bits per heavy atom. The summed E-state index contributed by atoms with van der Waals surface area (Å²) in [7, 11) is 1.47. The Labute approximate surface area is 195 Å². The highest BCUT2D eigenvalue weighted by Crippen LogP contribution is 2.18. The quantitative estimate of drug-likeness (QED) is 0.292. The standard InChI is InChI=1S/C27H31NO5/c1-30-28-17-25(31-19-22-11-5-2-6-12-22)27(33-21-24-15-9-4-10-16-24)26(18-29)32-20-23-13-7-3-8-14-23/h2-17,25-27,29H,18-21H2,1H3/b28-17+/t25-,26+,27+/m0/s1. The summed E-state index contributed by atoms with van der Waals surface area (Å²) in [5, 5.41) is 14.1. The lowest BCUT2D eigenvalue weighted by Gasteiger charge is -2.31. The van der Waals surface area contributed by atoms with Crippen molar-refractivity contribution in [2.75, 3.05) is 13.7 Å². The van der Waals surface area contributed by atoms with Crippen molar-refractivity contribution >= 4 is 6.21 Å². The van der Waals surface area contributed by atoms with Gasteiger partial charge in [0.05, 0.1) is 32.6 Å². The van der Waals surface area contributed by atoms with Crippen LogP contribution in [0.4, 0.5) is 0 Å². The molecule has 1 N–H and O–H groups in total. The molecule has 0 aliphatic carbocycles. The molecule has 0 aliphatic rings. The Kier molecular flexibility index (Phi) is 10.6. The summed E-state index contributed by atoms with van der Waals surface area (Å²) in [4.78, 5) is 4.91. The van der Waals surface area contributed by atoms with E-state index >= 15 is 0 Å². The summed E-state index contributed by atoms with van der Waals surface area (Å²) in [5.74, 6) is 0. The molecule has 0 spiro atoms. The van der Waals surface area contributed by atoms with Gasteiger partial charge in [0.15, 0.2) is 0 Å². The van der Waals surface area contributed by atoms with Crippen LogP contribution in [-0.2, 0) is 38.9 Å². The van der Waals surface area contributed by atoms with Gasteiger partial charge in [-0.1, -0.05) is 96.2 Å². The third-order valence-corrected chi connectivity index (χ3v) is 5.06. The monoisotopic (exact) mass is 449 g/mol. The first-order valence-corrected chi connectivity index (χ1v) is 10.9. The third kappa shape index (κ3) is 8.44. The summed E-state index contributed by atoms with van der Waals surface area (Å²) in [6.45, 7) is 0.786. The number of aliphatic hydroxyl groups excluding tert-OH is 1. The fourth-order valence-electron chi connectivity index (χ4n) is 3.32. The van der Waals surface area contributed by atoms with E-state index in [0.29, 0.717) is 19.8 Å². The zero-order valence-electron chi connectivity index (χ0n) is 18.8. The first-order valence-electron chi connectivity index (χ1n) is 10.9. The third-order valence-electron chi connectivity index (χ3n) is 5.06. The molecule has 0 aromatic heterocycles. The molecule has 0 saturated heterocycles. The molecule has 6 heteroatoms. The van der Waals surface area contributed by atoms with E-state index < -0.39 is 18.3 Å². The summed E-state index contributed by atoms with van der Waals surface area (Å²) < 4.78 is 18.5. The van der Waals surface area contributed by atoms with Gasteiger partial charge in [-0.3, -0.25) is 0 Å². The van der Waals surface area contributed by atoms with Crippen molar-refractivity contribution in [1.82, 2.24) is 0 Å². The van der Waals surface area contributed by atoms with E-state index in [1.807, 2.05) is 91.0 Å². The van der Waals surface area contributed by atoms with Crippen molar-refractivity contribution in [1.29, 1.82) is 0 Å². The Hall–Kier alpha value is -3.03. The molecule has 0 aliphatic heterocycles. The second kappa shape index (κ2) is 14.2. The average molecular weight is 450 g/mol. The predicted molar refractivity (Wildman–Crippen MR) is 128 cm³/mol. The SMILES string of the molecule is CO/N=C/[C@H](OCc1ccccc1)[C@@H](OCc1ccccc1)[C@@H](CO)OCc1ccccc1. The average Bonchev–Trinajstić information content (AvgIpc) is 2.88. The fraction of sp³-hybridized carbons (Fsp3) is 0.296. The van der Waals surface area contributed by atoms with Gasteiger partial charge in [-0.2, -0.15) is 0 Å². The maximum absolute atomic E-state index is 10.2. The molecular formula is C27H31NO5. The van der Waals surface area contributed by atoms with Crippen molar-refractivity contribution in [2.45, 2.75) is 38.1 Å². The number of nitrogens with zero attached hydrogens (tertiary/aromatic N) is 1. The Balaban J connectivity index is 1.77. The summed E-state index contributed by atoms with van der Waals surface area (Å²) >= 11 is 0. The minimum Gasteiger partial charge on any atom is -0.399 e. The molecule has 0 unspecified atom stereocenters. The van der Waals surface area contributed by atoms with Gasteiger partial charge in [-0.05, 0) is 16.7 Å². The first-order chi connectivity index (χ1) is 16.3. The van der Waals surface area contributed by atoms with Gasteiger partial charge in [-0.15, -0.1) is 0 Å². The lowest BCUT2D eigenvalue weighted by molar-refractivity contribution is -0.144. The number of aliphatic hydroxyl groups is 1. The second-order valence-corrected chi connectivity index (χ2v) is 7.48. The molecule has 3 atom stereocenters. The molecule has 0 heterocycles. The highest BCUT2D eigenvalue weighted by atomic mass is 16.6. The van der Waals surface area contributed by atoms with Gasteiger partial charge in [-0.25, -0.2) is 0 Å². The molecule has 0 radical (unpaired) electrons. The zero-order valence-corrected chi connectivity index (χ0v) is 18.8. The van der Waals surface area contributed by atoms with Crippen LogP contribution in [0.2, 0.25) is 0 Å². The summed E-state index contributed by atoms with van der Waals surface area (Å²) in [6.07, 6.45) is -0.325. The molecule has 3 aromatic rings. The van der Waals surface area contributed by atoms with E-state index in [0.717, 1.165) is 16.7 Å². The zero-order chi connectivity index (χ0) is 23.1. The smallest absolute Gasteiger partial charge is 0.125 e. The Morgan fingerprint density at radius 1 is 0.697 bits per heavy atom. The fourth-order valence-corrected chi connectivity index (χ4v) is 3.32. The van der Waals surface area contributed by atoms with Crippen LogP contribution in [0.5, 0.6) is 0 Å². The molecule has 0 bridgehead atoms. The van der Waals surface area contributed by atoms with Crippen molar-refractivity contribution in [3.63, 3.8) is 0 Å². The van der Waals surface area contributed by atoms with Gasteiger partial charge in [0.1, 0.15) is 25.4 Å². The normalized spacial score (nSPS) is 14.1. The molecular weight excluding hydrogens is 418 g/mol. The molecule has 6 nitrogen and oxygen atoms in total. The molecule has 0 amide bonds. The number of hydrogen-bond acceptors (Lipinski definition) is 6. The van der Waals surface area contributed by atoms with E-state index in [-0.39, 0.29) is 6.61 Å². The second-order valence-electron chi connectivity index (χ2n) is 7.48. The van der Waals surface area contributed by atoms with Crippen LogP contribution in [0.25, 0.3) is 0 Å². The molecule has 3 aromatic carbocycles. The maximum atomic E-state index is 10.2. The van der Waals surface area contributed by atoms with E-state index in [1.54, 1.807) is 6.21 Å². The lowest BCUT2D eigenvalue weighted by atomic mass is 10.1. The van der Waals surface area contributed by atoms with Gasteiger partial charge < -0.3 is 24.2 Å². The van der Waals surface area contributed by atoms with E-state index in [9.17, 15) is 5.11 Å². The van der Waals surface area contributed by atoms with Crippen molar-refractivity contribution in [3.8, 4) is 0 Å². The molecule has 0 saturated carbocycles. The van der Waals surface area contributed by atoms with E-state index in [1.165, 1.54) is 7.11 Å². The van der Waals surface area contributed by atoms with Gasteiger partial charge in [0, 0.05) is 0 Å². The number of rotatable bonds is 14. The minimum absolute atomic E-state index is 0.238. The largest absolute Gasteiger partial charge is 0.399 e. The lowest BCUT2D eigenvalue weighted by Crippen LogP contribution is -2.45. The minimum atomic E-state index is -0.641. The number of oxime groups is 1. The number of hydrogen-bond donors (Lipinski definition) is 1. The number of ether oxygens (including phenoxy) is 3. The molecule has 3 rings (SSSR count). The number of benzene rings is 3. The van der Waals surface area contributed by atoms with Crippen LogP contribution in [0.1, 0.15) is 16.7 Å². The van der Waals surface area contributed by atoms with Crippen molar-refractivity contribution < 1.29 is 24.2 Å². The predicted octanol–water partition coefficient (Wildman–Crippen LogP) is 4.37. The highest BCUT2D eigenvalue weighted by molar-refractivity contribution is 5.63. The topological polar surface area (TPSA) is 69.5 Å². The molecule has 174 valence electrons. The maximum Gasteiger partial charge on any atom is 0.125 e. The van der Waals surface area contributed by atoms with Crippen molar-refractivity contribution in [3.05, 3.63) is 108 Å².